The van der Waals surface area contributed by atoms with Crippen LogP contribution >= 0.6 is 15.9 Å². The van der Waals surface area contributed by atoms with Gasteiger partial charge in [-0.15, -0.1) is 0 Å². The molecule has 0 fully saturated rings. The Hall–Kier alpha value is -2.13. The fraction of sp³-hybridized carbons (Fsp3) is 0.0833. The van der Waals surface area contributed by atoms with Gasteiger partial charge in [-0.1, -0.05) is 6.07 Å². The van der Waals surface area contributed by atoms with E-state index in [1.165, 1.54) is 6.33 Å². The fourth-order valence-electron chi connectivity index (χ4n) is 1.51. The quantitative estimate of drug-likeness (QED) is 0.922. The summed E-state index contributed by atoms with van der Waals surface area (Å²) in [6.07, 6.45) is 1.40. The smallest absolute Gasteiger partial charge is 0.152 e. The molecule has 6 heteroatoms. The lowest BCUT2D eigenvalue weighted by atomic mass is 10.2. The number of nitriles is 1. The van der Waals surface area contributed by atoms with E-state index in [0.29, 0.717) is 21.7 Å². The molecule has 0 atom stereocenters. The summed E-state index contributed by atoms with van der Waals surface area (Å²) >= 11 is 3.36. The number of anilines is 3. The van der Waals surface area contributed by atoms with Crippen molar-refractivity contribution in [3.05, 3.63) is 40.6 Å². The van der Waals surface area contributed by atoms with E-state index < -0.39 is 0 Å². The molecule has 90 valence electrons. The molecule has 0 unspecified atom stereocenters. The first-order valence-electron chi connectivity index (χ1n) is 5.13. The minimum Gasteiger partial charge on any atom is -0.383 e. The maximum Gasteiger partial charge on any atom is 0.152 e. The molecule has 0 radical (unpaired) electrons. The van der Waals surface area contributed by atoms with E-state index in [4.69, 9.17) is 11.0 Å². The minimum atomic E-state index is 0.378. The Bertz CT molecular complexity index is 620. The van der Waals surface area contributed by atoms with Crippen LogP contribution in [-0.2, 0) is 0 Å². The van der Waals surface area contributed by atoms with Crippen molar-refractivity contribution in [3.63, 3.8) is 0 Å². The second-order valence-corrected chi connectivity index (χ2v) is 4.41. The van der Waals surface area contributed by atoms with E-state index in [0.717, 1.165) is 5.69 Å². The first kappa shape index (κ1) is 12.3. The molecule has 0 aliphatic rings. The Morgan fingerprint density at radius 2 is 2.17 bits per heavy atom. The number of hydrogen-bond donors (Lipinski definition) is 1. The molecule has 1 heterocycles. The number of aromatic nitrogens is 2. The summed E-state index contributed by atoms with van der Waals surface area (Å²) in [6, 6.07) is 9.35. The first-order valence-corrected chi connectivity index (χ1v) is 5.92. The lowest BCUT2D eigenvalue weighted by Crippen LogP contribution is -2.13. The highest BCUT2D eigenvalue weighted by molar-refractivity contribution is 9.10. The van der Waals surface area contributed by atoms with Crippen LogP contribution in [-0.4, -0.2) is 17.0 Å². The Labute approximate surface area is 113 Å². The summed E-state index contributed by atoms with van der Waals surface area (Å²) in [5.41, 5.74) is 7.16. The largest absolute Gasteiger partial charge is 0.383 e. The van der Waals surface area contributed by atoms with E-state index >= 15 is 0 Å². The molecule has 1 aromatic heterocycles. The maximum absolute atomic E-state index is 8.89. The zero-order chi connectivity index (χ0) is 13.1. The van der Waals surface area contributed by atoms with Crippen LogP contribution in [0.1, 0.15) is 5.56 Å². The average molecular weight is 304 g/mol. The van der Waals surface area contributed by atoms with Gasteiger partial charge in [0.2, 0.25) is 0 Å². The number of nitrogens with two attached hydrogens (primary N) is 1. The van der Waals surface area contributed by atoms with Gasteiger partial charge < -0.3 is 10.6 Å². The third-order valence-electron chi connectivity index (χ3n) is 2.48. The molecule has 0 amide bonds. The van der Waals surface area contributed by atoms with Gasteiger partial charge in [0.15, 0.2) is 5.82 Å². The van der Waals surface area contributed by atoms with Gasteiger partial charge in [0.05, 0.1) is 11.6 Å². The third-order valence-corrected chi connectivity index (χ3v) is 3.24. The van der Waals surface area contributed by atoms with Gasteiger partial charge in [0.1, 0.15) is 16.6 Å². The first-order chi connectivity index (χ1) is 8.63. The van der Waals surface area contributed by atoms with Crippen LogP contribution in [0.4, 0.5) is 17.3 Å². The standard InChI is InChI=1S/C12H10BrN5/c1-18(9-4-2-3-8(5-9)6-14)12-10(13)11(15)16-7-17-12/h2-5,7H,1H3,(H2,15,16,17). The topological polar surface area (TPSA) is 78.8 Å². The van der Waals surface area contributed by atoms with Crippen LogP contribution in [0.25, 0.3) is 0 Å². The predicted molar refractivity (Wildman–Crippen MR) is 73.4 cm³/mol. The van der Waals surface area contributed by atoms with Crippen molar-refractivity contribution >= 4 is 33.3 Å². The zero-order valence-corrected chi connectivity index (χ0v) is 11.2. The van der Waals surface area contributed by atoms with Gasteiger partial charge >= 0.3 is 0 Å². The second-order valence-electron chi connectivity index (χ2n) is 3.62. The summed E-state index contributed by atoms with van der Waals surface area (Å²) in [4.78, 5) is 9.90. The molecule has 0 aliphatic carbocycles. The molecule has 2 N–H and O–H groups in total. The molecular weight excluding hydrogens is 294 g/mol. The van der Waals surface area contributed by atoms with Crippen molar-refractivity contribution < 1.29 is 0 Å². The summed E-state index contributed by atoms with van der Waals surface area (Å²) < 4.78 is 0.634. The van der Waals surface area contributed by atoms with E-state index in [-0.39, 0.29) is 0 Å². The normalized spacial score (nSPS) is 9.83. The van der Waals surface area contributed by atoms with Crippen LogP contribution in [0.15, 0.2) is 35.1 Å². The summed E-state index contributed by atoms with van der Waals surface area (Å²) in [6.45, 7) is 0. The Morgan fingerprint density at radius 1 is 1.39 bits per heavy atom. The van der Waals surface area contributed by atoms with Crippen LogP contribution in [0.5, 0.6) is 0 Å². The molecule has 0 bridgehead atoms. The van der Waals surface area contributed by atoms with Gasteiger partial charge in [-0.25, -0.2) is 9.97 Å². The minimum absolute atomic E-state index is 0.378. The average Bonchev–Trinajstić information content (AvgIpc) is 2.41. The molecule has 2 aromatic rings. The van der Waals surface area contributed by atoms with Crippen molar-refractivity contribution in [2.24, 2.45) is 0 Å². The van der Waals surface area contributed by atoms with E-state index in [2.05, 4.69) is 32.0 Å². The highest BCUT2D eigenvalue weighted by Gasteiger charge is 2.12. The molecule has 0 spiro atoms. The summed E-state index contributed by atoms with van der Waals surface area (Å²) in [5.74, 6) is 1.03. The molecule has 1 aromatic carbocycles. The van der Waals surface area contributed by atoms with Crippen molar-refractivity contribution in [2.75, 3.05) is 17.7 Å². The monoisotopic (exact) mass is 303 g/mol. The fourth-order valence-corrected chi connectivity index (χ4v) is 1.98. The van der Waals surface area contributed by atoms with Crippen molar-refractivity contribution in [3.8, 4) is 6.07 Å². The number of rotatable bonds is 2. The predicted octanol–water partition coefficient (Wildman–Crippen LogP) is 2.46. The summed E-state index contributed by atoms with van der Waals surface area (Å²) in [5, 5.41) is 8.89. The van der Waals surface area contributed by atoms with E-state index in [1.807, 2.05) is 24.1 Å². The van der Waals surface area contributed by atoms with Crippen molar-refractivity contribution in [1.29, 1.82) is 5.26 Å². The number of benzene rings is 1. The molecule has 5 nitrogen and oxygen atoms in total. The van der Waals surface area contributed by atoms with Gasteiger partial charge in [-0.3, -0.25) is 0 Å². The van der Waals surface area contributed by atoms with Crippen LogP contribution < -0.4 is 10.6 Å². The Balaban J connectivity index is 2.45. The number of hydrogen-bond acceptors (Lipinski definition) is 5. The lowest BCUT2D eigenvalue weighted by Gasteiger charge is -2.19. The molecule has 2 rings (SSSR count). The van der Waals surface area contributed by atoms with Crippen LogP contribution in [0.2, 0.25) is 0 Å². The Morgan fingerprint density at radius 3 is 2.89 bits per heavy atom. The Kier molecular flexibility index (Phi) is 3.44. The number of nitrogens with zero attached hydrogens (tertiary/aromatic N) is 4. The molecule has 0 aliphatic heterocycles. The van der Waals surface area contributed by atoms with E-state index in [1.54, 1.807) is 12.1 Å². The molecule has 0 saturated heterocycles. The molecule has 0 saturated carbocycles. The molecular formula is C12H10BrN5. The lowest BCUT2D eigenvalue weighted by molar-refractivity contribution is 1.07. The highest BCUT2D eigenvalue weighted by Crippen LogP contribution is 2.31. The van der Waals surface area contributed by atoms with E-state index in [9.17, 15) is 0 Å². The SMILES string of the molecule is CN(c1cccc(C#N)c1)c1ncnc(N)c1Br. The van der Waals surface area contributed by atoms with Gasteiger partial charge in [-0.05, 0) is 34.1 Å². The number of nitrogen functional groups attached to an aromatic ring is 1. The summed E-state index contributed by atoms with van der Waals surface area (Å²) in [7, 11) is 1.85. The maximum atomic E-state index is 8.89. The second kappa shape index (κ2) is 5.02. The number of halogens is 1. The van der Waals surface area contributed by atoms with Crippen molar-refractivity contribution in [2.45, 2.75) is 0 Å². The van der Waals surface area contributed by atoms with Gasteiger partial charge in [0.25, 0.3) is 0 Å². The van der Waals surface area contributed by atoms with Gasteiger partial charge in [0, 0.05) is 12.7 Å². The van der Waals surface area contributed by atoms with Gasteiger partial charge in [-0.2, -0.15) is 5.26 Å². The third kappa shape index (κ3) is 2.26. The van der Waals surface area contributed by atoms with Crippen molar-refractivity contribution in [1.82, 2.24) is 9.97 Å². The molecule has 18 heavy (non-hydrogen) atoms. The highest BCUT2D eigenvalue weighted by atomic mass is 79.9. The van der Waals surface area contributed by atoms with Crippen LogP contribution in [0, 0.1) is 11.3 Å². The zero-order valence-electron chi connectivity index (χ0n) is 9.63. The van der Waals surface area contributed by atoms with Crippen LogP contribution in [0.3, 0.4) is 0 Å².